The quantitative estimate of drug-likeness (QED) is 0.767. The van der Waals surface area contributed by atoms with Gasteiger partial charge in [-0.3, -0.25) is 0 Å². The number of ether oxygens (including phenoxy) is 2. The summed E-state index contributed by atoms with van der Waals surface area (Å²) < 4.78 is 15.0. The molecule has 1 aromatic carbocycles. The summed E-state index contributed by atoms with van der Waals surface area (Å²) in [4.78, 5) is 11.8. The highest BCUT2D eigenvalue weighted by atomic mass is 16.5. The Morgan fingerprint density at radius 2 is 1.95 bits per heavy atom. The van der Waals surface area contributed by atoms with Crippen molar-refractivity contribution in [3.8, 4) is 11.5 Å². The molecule has 0 saturated carbocycles. The van der Waals surface area contributed by atoms with Gasteiger partial charge in [-0.1, -0.05) is 5.16 Å². The summed E-state index contributed by atoms with van der Waals surface area (Å²) in [6, 6.07) is 4.90. The zero-order chi connectivity index (χ0) is 15.8. The average Bonchev–Trinajstić information content (AvgIpc) is 3.04. The van der Waals surface area contributed by atoms with E-state index in [0.717, 1.165) is 18.4 Å². The van der Waals surface area contributed by atoms with Gasteiger partial charge >= 0.3 is 6.03 Å². The molecule has 0 unspecified atom stereocenters. The van der Waals surface area contributed by atoms with Gasteiger partial charge in [-0.15, -0.1) is 0 Å². The number of nitrogens with zero attached hydrogens (tertiary/aromatic N) is 1. The molecule has 0 fully saturated rings. The summed E-state index contributed by atoms with van der Waals surface area (Å²) in [6.07, 6.45) is 4.87. The normalized spacial score (nSPS) is 10.1. The van der Waals surface area contributed by atoms with Gasteiger partial charge in [0.05, 0.1) is 20.4 Å². The first-order chi connectivity index (χ1) is 10.7. The van der Waals surface area contributed by atoms with Gasteiger partial charge in [-0.05, 0) is 12.8 Å². The highest BCUT2D eigenvalue weighted by Crippen LogP contribution is 2.25. The second-order valence-electron chi connectivity index (χ2n) is 4.62. The molecule has 0 aliphatic carbocycles. The maximum Gasteiger partial charge on any atom is 0.319 e. The number of urea groups is 1. The fourth-order valence-corrected chi connectivity index (χ4v) is 1.90. The van der Waals surface area contributed by atoms with Gasteiger partial charge in [0.15, 0.2) is 0 Å². The molecule has 0 spiro atoms. The Bertz CT molecular complexity index is 577. The van der Waals surface area contributed by atoms with E-state index < -0.39 is 0 Å². The zero-order valence-corrected chi connectivity index (χ0v) is 12.6. The maximum atomic E-state index is 11.8. The van der Waals surface area contributed by atoms with Crippen molar-refractivity contribution in [3.05, 3.63) is 36.2 Å². The number of methoxy groups -OCH3 is 2. The number of anilines is 1. The zero-order valence-electron chi connectivity index (χ0n) is 12.6. The third kappa shape index (κ3) is 4.69. The molecule has 0 bridgehead atoms. The topological polar surface area (TPSA) is 85.6 Å². The summed E-state index contributed by atoms with van der Waals surface area (Å²) in [5, 5.41) is 9.16. The van der Waals surface area contributed by atoms with Crippen molar-refractivity contribution in [3.63, 3.8) is 0 Å². The van der Waals surface area contributed by atoms with Crippen LogP contribution in [-0.4, -0.2) is 32.0 Å². The standard InChI is InChI=1S/C15H19N3O4/c1-20-13-6-12(7-14(8-13)21-2)18-15(19)16-5-3-4-11-9-17-22-10-11/h6-10H,3-5H2,1-2H3,(H2,16,18,19). The van der Waals surface area contributed by atoms with Crippen LogP contribution < -0.4 is 20.1 Å². The fourth-order valence-electron chi connectivity index (χ4n) is 1.90. The molecule has 2 amide bonds. The van der Waals surface area contributed by atoms with Gasteiger partial charge in [0.2, 0.25) is 0 Å². The van der Waals surface area contributed by atoms with Crippen molar-refractivity contribution in [2.75, 3.05) is 26.1 Å². The van der Waals surface area contributed by atoms with Crippen LogP contribution in [-0.2, 0) is 6.42 Å². The molecule has 0 aliphatic rings. The van der Waals surface area contributed by atoms with E-state index in [1.54, 1.807) is 44.9 Å². The minimum Gasteiger partial charge on any atom is -0.497 e. The highest BCUT2D eigenvalue weighted by Gasteiger charge is 2.05. The molecule has 0 saturated heterocycles. The summed E-state index contributed by atoms with van der Waals surface area (Å²) in [6.45, 7) is 0.554. The van der Waals surface area contributed by atoms with Crippen molar-refractivity contribution < 1.29 is 18.8 Å². The molecule has 2 rings (SSSR count). The van der Waals surface area contributed by atoms with Crippen LogP contribution in [0.5, 0.6) is 11.5 Å². The second kappa shape index (κ2) is 7.92. The predicted molar refractivity (Wildman–Crippen MR) is 81.4 cm³/mol. The molecular weight excluding hydrogens is 286 g/mol. The summed E-state index contributed by atoms with van der Waals surface area (Å²) in [7, 11) is 3.12. The summed E-state index contributed by atoms with van der Waals surface area (Å²) >= 11 is 0. The van der Waals surface area contributed by atoms with Crippen molar-refractivity contribution in [2.45, 2.75) is 12.8 Å². The molecule has 0 radical (unpaired) electrons. The summed E-state index contributed by atoms with van der Waals surface area (Å²) in [5.74, 6) is 1.23. The number of benzene rings is 1. The lowest BCUT2D eigenvalue weighted by molar-refractivity contribution is 0.252. The van der Waals surface area contributed by atoms with E-state index in [2.05, 4.69) is 15.8 Å². The molecule has 7 heteroatoms. The Kier molecular flexibility index (Phi) is 5.65. The molecular formula is C15H19N3O4. The third-order valence-electron chi connectivity index (χ3n) is 3.02. The van der Waals surface area contributed by atoms with Gasteiger partial charge in [-0.25, -0.2) is 4.79 Å². The lowest BCUT2D eigenvalue weighted by atomic mass is 10.2. The Balaban J connectivity index is 1.78. The fraction of sp³-hybridized carbons (Fsp3) is 0.333. The molecule has 0 atom stereocenters. The molecule has 1 heterocycles. The molecule has 118 valence electrons. The average molecular weight is 305 g/mol. The van der Waals surface area contributed by atoms with Crippen LogP contribution in [0.15, 0.2) is 35.2 Å². The number of aryl methyl sites for hydroxylation is 1. The van der Waals surface area contributed by atoms with Gasteiger partial charge in [-0.2, -0.15) is 0 Å². The molecule has 0 aliphatic heterocycles. The molecule has 1 aromatic heterocycles. The molecule has 2 aromatic rings. The smallest absolute Gasteiger partial charge is 0.319 e. The number of aromatic nitrogens is 1. The lowest BCUT2D eigenvalue weighted by Crippen LogP contribution is -2.29. The molecule has 22 heavy (non-hydrogen) atoms. The number of amides is 2. The lowest BCUT2D eigenvalue weighted by Gasteiger charge is -2.10. The van der Waals surface area contributed by atoms with Crippen LogP contribution in [0.1, 0.15) is 12.0 Å². The highest BCUT2D eigenvalue weighted by molar-refractivity contribution is 5.89. The van der Waals surface area contributed by atoms with Crippen LogP contribution in [0.25, 0.3) is 0 Å². The van der Waals surface area contributed by atoms with Crippen LogP contribution in [0.2, 0.25) is 0 Å². The molecule has 7 nitrogen and oxygen atoms in total. The Hall–Kier alpha value is -2.70. The van der Waals surface area contributed by atoms with E-state index >= 15 is 0 Å². The van der Waals surface area contributed by atoms with E-state index in [1.165, 1.54) is 0 Å². The third-order valence-corrected chi connectivity index (χ3v) is 3.02. The van der Waals surface area contributed by atoms with E-state index in [4.69, 9.17) is 14.0 Å². The van der Waals surface area contributed by atoms with Gasteiger partial charge in [0, 0.05) is 36.0 Å². The minimum atomic E-state index is -0.277. The van der Waals surface area contributed by atoms with E-state index in [9.17, 15) is 4.79 Å². The van der Waals surface area contributed by atoms with Gasteiger partial charge < -0.3 is 24.6 Å². The number of carbonyl (C=O) groups excluding carboxylic acids is 1. The number of carbonyl (C=O) groups is 1. The van der Waals surface area contributed by atoms with Crippen molar-refractivity contribution >= 4 is 11.7 Å². The first-order valence-corrected chi connectivity index (χ1v) is 6.87. The SMILES string of the molecule is COc1cc(NC(=O)NCCCc2cnoc2)cc(OC)c1. The number of nitrogens with one attached hydrogen (secondary N) is 2. The van der Waals surface area contributed by atoms with Crippen LogP contribution in [0.4, 0.5) is 10.5 Å². The van der Waals surface area contributed by atoms with E-state index in [-0.39, 0.29) is 6.03 Å². The second-order valence-corrected chi connectivity index (χ2v) is 4.62. The Morgan fingerprint density at radius 3 is 2.55 bits per heavy atom. The van der Waals surface area contributed by atoms with Crippen molar-refractivity contribution in [2.24, 2.45) is 0 Å². The van der Waals surface area contributed by atoms with Gasteiger partial charge in [0.25, 0.3) is 0 Å². The monoisotopic (exact) mass is 305 g/mol. The largest absolute Gasteiger partial charge is 0.497 e. The first kappa shape index (κ1) is 15.7. The first-order valence-electron chi connectivity index (χ1n) is 6.87. The minimum absolute atomic E-state index is 0.277. The number of hydrogen-bond acceptors (Lipinski definition) is 5. The maximum absolute atomic E-state index is 11.8. The predicted octanol–water partition coefficient (Wildman–Crippen LogP) is 2.45. The molecule has 2 N–H and O–H groups in total. The Labute approximate surface area is 128 Å². The number of rotatable bonds is 7. The number of hydrogen-bond donors (Lipinski definition) is 2. The van der Waals surface area contributed by atoms with Crippen molar-refractivity contribution in [1.82, 2.24) is 10.5 Å². The van der Waals surface area contributed by atoms with Crippen molar-refractivity contribution in [1.29, 1.82) is 0 Å². The van der Waals surface area contributed by atoms with E-state index in [1.807, 2.05) is 0 Å². The Morgan fingerprint density at radius 1 is 1.23 bits per heavy atom. The van der Waals surface area contributed by atoms with Crippen LogP contribution >= 0.6 is 0 Å². The van der Waals surface area contributed by atoms with E-state index in [0.29, 0.717) is 23.7 Å². The summed E-state index contributed by atoms with van der Waals surface area (Å²) in [5.41, 5.74) is 1.62. The van der Waals surface area contributed by atoms with Gasteiger partial charge in [0.1, 0.15) is 17.8 Å². The van der Waals surface area contributed by atoms with Crippen LogP contribution in [0, 0.1) is 0 Å². The van der Waals surface area contributed by atoms with Crippen LogP contribution in [0.3, 0.4) is 0 Å².